The fraction of sp³-hybridized carbons (Fsp3) is 0.909. The lowest BCUT2D eigenvalue weighted by atomic mass is 9.89. The van der Waals surface area contributed by atoms with Crippen LogP contribution >= 0.6 is 0 Å². The molecule has 0 bridgehead atoms. The largest absolute Gasteiger partial charge is 0.468 e. The number of carbonyl (C=O) groups is 1. The Balaban J connectivity index is 4.50. The van der Waals surface area contributed by atoms with Gasteiger partial charge in [-0.05, 0) is 19.4 Å². The van der Waals surface area contributed by atoms with Crippen molar-refractivity contribution in [1.82, 2.24) is 5.32 Å². The molecule has 0 radical (unpaired) electrons. The number of nitrogens with one attached hydrogen (secondary N) is 1. The first-order valence-corrected chi connectivity index (χ1v) is 5.50. The average Bonchev–Trinajstić information content (AvgIpc) is 2.23. The Kier molecular flexibility index (Phi) is 6.54. The van der Waals surface area contributed by atoms with E-state index in [-0.39, 0.29) is 5.97 Å². The summed E-state index contributed by atoms with van der Waals surface area (Å²) >= 11 is 0. The molecule has 0 aliphatic rings. The van der Waals surface area contributed by atoms with E-state index in [0.717, 1.165) is 32.2 Å². The van der Waals surface area contributed by atoms with Crippen molar-refractivity contribution in [1.29, 1.82) is 0 Å². The van der Waals surface area contributed by atoms with Gasteiger partial charge in [0.25, 0.3) is 0 Å². The maximum absolute atomic E-state index is 11.7. The average molecular weight is 201 g/mol. The van der Waals surface area contributed by atoms with Gasteiger partial charge in [-0.2, -0.15) is 0 Å². The third-order valence-corrected chi connectivity index (χ3v) is 2.65. The van der Waals surface area contributed by atoms with E-state index in [1.807, 2.05) is 13.8 Å². The summed E-state index contributed by atoms with van der Waals surface area (Å²) in [6.45, 7) is 6.96. The zero-order valence-electron chi connectivity index (χ0n) is 9.85. The predicted molar refractivity (Wildman–Crippen MR) is 58.2 cm³/mol. The van der Waals surface area contributed by atoms with E-state index in [1.54, 1.807) is 0 Å². The minimum Gasteiger partial charge on any atom is -0.468 e. The molecule has 3 heteroatoms. The molecule has 0 aliphatic carbocycles. The molecule has 0 fully saturated rings. The van der Waals surface area contributed by atoms with Gasteiger partial charge in [-0.25, -0.2) is 0 Å². The van der Waals surface area contributed by atoms with Crippen molar-refractivity contribution in [3.05, 3.63) is 0 Å². The molecule has 0 spiro atoms. The van der Waals surface area contributed by atoms with Crippen LogP contribution in [0, 0.1) is 0 Å². The normalized spacial score (nSPS) is 14.9. The lowest BCUT2D eigenvalue weighted by molar-refractivity contribution is -0.149. The monoisotopic (exact) mass is 201 g/mol. The van der Waals surface area contributed by atoms with E-state index in [2.05, 4.69) is 12.2 Å². The van der Waals surface area contributed by atoms with Crippen LogP contribution < -0.4 is 5.32 Å². The third kappa shape index (κ3) is 3.29. The van der Waals surface area contributed by atoms with Crippen LogP contribution in [0.2, 0.25) is 0 Å². The fourth-order valence-electron chi connectivity index (χ4n) is 1.72. The molecule has 1 N–H and O–H groups in total. The Morgan fingerprint density at radius 3 is 2.36 bits per heavy atom. The summed E-state index contributed by atoms with van der Waals surface area (Å²) in [6, 6.07) is 0. The summed E-state index contributed by atoms with van der Waals surface area (Å²) in [5, 5.41) is 3.26. The summed E-state index contributed by atoms with van der Waals surface area (Å²) in [5.74, 6) is -0.129. The molecule has 0 rings (SSSR count). The molecular weight excluding hydrogens is 178 g/mol. The number of rotatable bonds is 7. The van der Waals surface area contributed by atoms with Gasteiger partial charge < -0.3 is 10.1 Å². The zero-order valence-corrected chi connectivity index (χ0v) is 9.85. The van der Waals surface area contributed by atoms with Crippen LogP contribution in [-0.4, -0.2) is 25.2 Å². The van der Waals surface area contributed by atoms with Crippen molar-refractivity contribution >= 4 is 5.97 Å². The molecule has 3 nitrogen and oxygen atoms in total. The van der Waals surface area contributed by atoms with Crippen LogP contribution in [0.1, 0.15) is 46.5 Å². The van der Waals surface area contributed by atoms with Crippen molar-refractivity contribution in [3.8, 4) is 0 Å². The minimum absolute atomic E-state index is 0.129. The lowest BCUT2D eigenvalue weighted by Gasteiger charge is -2.30. The summed E-state index contributed by atoms with van der Waals surface area (Å²) in [7, 11) is 1.45. The van der Waals surface area contributed by atoms with Crippen molar-refractivity contribution in [2.24, 2.45) is 0 Å². The van der Waals surface area contributed by atoms with Crippen LogP contribution in [0.4, 0.5) is 0 Å². The van der Waals surface area contributed by atoms with Crippen molar-refractivity contribution in [2.75, 3.05) is 13.7 Å². The fourth-order valence-corrected chi connectivity index (χ4v) is 1.72. The highest BCUT2D eigenvalue weighted by Crippen LogP contribution is 2.20. The molecule has 0 aromatic heterocycles. The topological polar surface area (TPSA) is 38.3 Å². The van der Waals surface area contributed by atoms with E-state index in [0.29, 0.717) is 0 Å². The van der Waals surface area contributed by atoms with Gasteiger partial charge >= 0.3 is 5.97 Å². The molecule has 0 saturated carbocycles. The van der Waals surface area contributed by atoms with Crippen LogP contribution in [0.3, 0.4) is 0 Å². The SMILES string of the molecule is CCCCC(CC)(NCC)C(=O)OC. The Bertz CT molecular complexity index is 171. The molecular formula is C11H23NO2. The standard InChI is InChI=1S/C11H23NO2/c1-5-8-9-11(6-2,12-7-3)10(13)14-4/h12H,5-9H2,1-4H3. The second kappa shape index (κ2) is 6.82. The lowest BCUT2D eigenvalue weighted by Crippen LogP contribution is -2.52. The molecule has 0 aliphatic heterocycles. The Morgan fingerprint density at radius 1 is 1.36 bits per heavy atom. The predicted octanol–water partition coefficient (Wildman–Crippen LogP) is 2.11. The highest BCUT2D eigenvalue weighted by atomic mass is 16.5. The number of carbonyl (C=O) groups excluding carboxylic acids is 1. The van der Waals surface area contributed by atoms with Gasteiger partial charge in [0.05, 0.1) is 7.11 Å². The molecule has 0 amide bonds. The van der Waals surface area contributed by atoms with E-state index in [9.17, 15) is 4.79 Å². The van der Waals surface area contributed by atoms with Crippen LogP contribution in [-0.2, 0) is 9.53 Å². The van der Waals surface area contributed by atoms with Gasteiger partial charge in [-0.15, -0.1) is 0 Å². The summed E-state index contributed by atoms with van der Waals surface area (Å²) < 4.78 is 4.85. The Hall–Kier alpha value is -0.570. The van der Waals surface area contributed by atoms with Crippen LogP contribution in [0.25, 0.3) is 0 Å². The van der Waals surface area contributed by atoms with Gasteiger partial charge in [0, 0.05) is 0 Å². The first kappa shape index (κ1) is 13.4. The summed E-state index contributed by atoms with van der Waals surface area (Å²) in [4.78, 5) is 11.7. The first-order chi connectivity index (χ1) is 6.66. The number of ether oxygens (including phenoxy) is 1. The number of hydrogen-bond acceptors (Lipinski definition) is 3. The van der Waals surface area contributed by atoms with E-state index in [4.69, 9.17) is 4.74 Å². The highest BCUT2D eigenvalue weighted by molar-refractivity contribution is 5.80. The quantitative estimate of drug-likeness (QED) is 0.641. The first-order valence-electron chi connectivity index (χ1n) is 5.50. The maximum atomic E-state index is 11.7. The molecule has 1 unspecified atom stereocenters. The molecule has 14 heavy (non-hydrogen) atoms. The van der Waals surface area contributed by atoms with Gasteiger partial charge in [0.1, 0.15) is 5.54 Å². The number of methoxy groups -OCH3 is 1. The zero-order chi connectivity index (χ0) is 11.0. The second-order valence-corrected chi connectivity index (χ2v) is 3.56. The molecule has 1 atom stereocenters. The molecule has 0 aromatic carbocycles. The number of likely N-dealkylation sites (N-methyl/N-ethyl adjacent to an activating group) is 1. The molecule has 0 heterocycles. The minimum atomic E-state index is -0.459. The number of hydrogen-bond donors (Lipinski definition) is 1. The summed E-state index contributed by atoms with van der Waals surface area (Å²) in [5.41, 5.74) is -0.459. The molecule has 0 saturated heterocycles. The van der Waals surface area contributed by atoms with Crippen LogP contribution in [0.5, 0.6) is 0 Å². The van der Waals surface area contributed by atoms with Gasteiger partial charge in [-0.3, -0.25) is 4.79 Å². The Labute approximate surface area is 87.2 Å². The number of esters is 1. The van der Waals surface area contributed by atoms with E-state index >= 15 is 0 Å². The van der Waals surface area contributed by atoms with E-state index < -0.39 is 5.54 Å². The number of unbranched alkanes of at least 4 members (excludes halogenated alkanes) is 1. The van der Waals surface area contributed by atoms with Gasteiger partial charge in [0.15, 0.2) is 0 Å². The van der Waals surface area contributed by atoms with Crippen molar-refractivity contribution in [2.45, 2.75) is 52.0 Å². The van der Waals surface area contributed by atoms with Crippen molar-refractivity contribution in [3.63, 3.8) is 0 Å². The van der Waals surface area contributed by atoms with Gasteiger partial charge in [0.2, 0.25) is 0 Å². The highest BCUT2D eigenvalue weighted by Gasteiger charge is 2.35. The van der Waals surface area contributed by atoms with Crippen molar-refractivity contribution < 1.29 is 9.53 Å². The smallest absolute Gasteiger partial charge is 0.326 e. The maximum Gasteiger partial charge on any atom is 0.326 e. The van der Waals surface area contributed by atoms with E-state index in [1.165, 1.54) is 7.11 Å². The van der Waals surface area contributed by atoms with Gasteiger partial charge in [-0.1, -0.05) is 33.6 Å². The molecule has 84 valence electrons. The summed E-state index contributed by atoms with van der Waals surface area (Å²) in [6.07, 6.45) is 3.80. The second-order valence-electron chi connectivity index (χ2n) is 3.56. The Morgan fingerprint density at radius 2 is 2.00 bits per heavy atom. The van der Waals surface area contributed by atoms with Crippen LogP contribution in [0.15, 0.2) is 0 Å². The molecule has 0 aromatic rings. The third-order valence-electron chi connectivity index (χ3n) is 2.65.